The van der Waals surface area contributed by atoms with Gasteiger partial charge in [0.05, 0.1) is 0 Å². The first-order chi connectivity index (χ1) is 15.7. The van der Waals surface area contributed by atoms with Crippen LogP contribution in [0.5, 0.6) is 0 Å². The van der Waals surface area contributed by atoms with Crippen LogP contribution >= 0.6 is 0 Å². The van der Waals surface area contributed by atoms with Gasteiger partial charge in [0.1, 0.15) is 0 Å². The van der Waals surface area contributed by atoms with E-state index < -0.39 is 0 Å². The number of rotatable bonds is 2. The first-order valence-corrected chi connectivity index (χ1v) is 14.0. The molecule has 2 aliphatic carbocycles. The Morgan fingerprint density at radius 2 is 1.81 bits per heavy atom. The number of benzene rings is 1. The van der Waals surface area contributed by atoms with Crippen molar-refractivity contribution in [3.63, 3.8) is 0 Å². The number of carbonyl (C=O) groups is 2. The fraction of sp³-hybridized carbons (Fsp3) is 0.115. The Bertz CT molecular complexity index is 1560. The van der Waals surface area contributed by atoms with E-state index in [1.165, 1.54) is 30.7 Å². The number of pyridine rings is 1. The summed E-state index contributed by atoms with van der Waals surface area (Å²) >= 11 is 0.801. The molecule has 32 heavy (non-hydrogen) atoms. The van der Waals surface area contributed by atoms with E-state index in [1.807, 2.05) is 6.08 Å². The minimum absolute atomic E-state index is 0.157. The van der Waals surface area contributed by atoms with E-state index in [9.17, 15) is 9.59 Å². The molecule has 0 amide bonds. The zero-order valence-corrected chi connectivity index (χ0v) is 20.3. The van der Waals surface area contributed by atoms with E-state index >= 15 is 0 Å². The summed E-state index contributed by atoms with van der Waals surface area (Å²) in [6.07, 6.45) is 8.82. The second-order valence-corrected chi connectivity index (χ2v) is 12.6. The Kier molecular flexibility index (Phi) is 4.03. The predicted octanol–water partition coefficient (Wildman–Crippen LogP) is 4.04. The van der Waals surface area contributed by atoms with Gasteiger partial charge < -0.3 is 0 Å². The van der Waals surface area contributed by atoms with E-state index in [0.29, 0.717) is 45.7 Å². The molecule has 0 spiro atoms. The van der Waals surface area contributed by atoms with Crippen LogP contribution < -0.4 is 0 Å². The Morgan fingerprint density at radius 1 is 1.00 bits per heavy atom. The second kappa shape index (κ2) is 6.87. The van der Waals surface area contributed by atoms with Crippen molar-refractivity contribution < 1.29 is 9.59 Å². The molecule has 0 fully saturated rings. The molecule has 0 N–H and O–H groups in total. The van der Waals surface area contributed by atoms with E-state index in [-0.39, 0.29) is 11.6 Å². The molecular formula is C26H16N2O2Se2. The van der Waals surface area contributed by atoms with Crippen LogP contribution in [0.15, 0.2) is 76.5 Å². The molecule has 0 radical (unpaired) electrons. The second-order valence-electron chi connectivity index (χ2n) is 8.33. The number of Topliss-reactive ketones (excluding diaryl/α,β-unsaturated/α-hetero) is 2. The monoisotopic (exact) mass is 548 g/mol. The maximum absolute atomic E-state index is 12.7. The van der Waals surface area contributed by atoms with Crippen LogP contribution in [0, 0.1) is 0 Å². The number of ketones is 2. The van der Waals surface area contributed by atoms with Crippen molar-refractivity contribution >= 4 is 60.0 Å². The van der Waals surface area contributed by atoms with Gasteiger partial charge in [-0.2, -0.15) is 0 Å². The van der Waals surface area contributed by atoms with Crippen molar-refractivity contribution in [3.8, 4) is 0 Å². The summed E-state index contributed by atoms with van der Waals surface area (Å²) in [4.78, 5) is 35.0. The van der Waals surface area contributed by atoms with Gasteiger partial charge in [-0.05, 0) is 0 Å². The third kappa shape index (κ3) is 2.65. The third-order valence-corrected chi connectivity index (χ3v) is 10.9. The van der Waals surface area contributed by atoms with E-state index in [4.69, 9.17) is 4.98 Å². The normalized spacial score (nSPS) is 17.4. The summed E-state index contributed by atoms with van der Waals surface area (Å²) in [6.45, 7) is 1.86. The summed E-state index contributed by atoms with van der Waals surface area (Å²) in [7, 11) is 0. The summed E-state index contributed by atoms with van der Waals surface area (Å²) < 4.78 is 4.46. The van der Waals surface area contributed by atoms with Crippen LogP contribution in [0.25, 0.3) is 19.4 Å². The Balaban J connectivity index is 1.12. The molecule has 1 aromatic carbocycles. The van der Waals surface area contributed by atoms with Crippen LogP contribution in [0.4, 0.5) is 0 Å². The first-order valence-electron chi connectivity index (χ1n) is 10.5. The number of hydrogen-bond donors (Lipinski definition) is 0. The Hall–Kier alpha value is -2.75. The predicted molar refractivity (Wildman–Crippen MR) is 126 cm³/mol. The molecule has 7 rings (SSSR count). The van der Waals surface area contributed by atoms with Crippen molar-refractivity contribution in [3.05, 3.63) is 97.7 Å². The van der Waals surface area contributed by atoms with Crippen molar-refractivity contribution in [2.24, 2.45) is 0 Å². The van der Waals surface area contributed by atoms with Gasteiger partial charge in [-0.3, -0.25) is 0 Å². The average Bonchev–Trinajstić information content (AvgIpc) is 3.60. The SMILES string of the molecule is O=C1C(=CC2=CC=C(N3Cc4[se]c5c(ncc6[se]ccc65)c4C3)C2)C(=O)c2ccccc21. The number of hydrogen-bond acceptors (Lipinski definition) is 4. The molecule has 0 unspecified atom stereocenters. The van der Waals surface area contributed by atoms with Gasteiger partial charge >= 0.3 is 197 Å². The summed E-state index contributed by atoms with van der Waals surface area (Å²) in [5.41, 5.74) is 6.24. The molecule has 154 valence electrons. The fourth-order valence-electron chi connectivity index (χ4n) is 4.90. The number of allylic oxidation sites excluding steroid dienone is 5. The standard InChI is InChI=1S/C26H16N2O2Se2/c29-24-16-3-1-2-4-17(16)25(30)19(24)10-14-5-6-15(9-14)28-12-20-22(13-28)32-26-18-7-8-31-21(18)11-27-23(20)26/h1-8,10-11H,9,12-13H2. The van der Waals surface area contributed by atoms with Gasteiger partial charge in [0.25, 0.3) is 0 Å². The average molecular weight is 546 g/mol. The minimum atomic E-state index is -0.157. The summed E-state index contributed by atoms with van der Waals surface area (Å²) in [5.74, 6) is -0.315. The van der Waals surface area contributed by atoms with Crippen molar-refractivity contribution in [2.75, 3.05) is 0 Å². The van der Waals surface area contributed by atoms with Gasteiger partial charge in [-0.15, -0.1) is 0 Å². The van der Waals surface area contributed by atoms with Gasteiger partial charge in [-0.1, -0.05) is 0 Å². The van der Waals surface area contributed by atoms with Gasteiger partial charge in [-0.25, -0.2) is 0 Å². The molecular weight excluding hydrogens is 530 g/mol. The molecule has 4 heterocycles. The van der Waals surface area contributed by atoms with Crippen molar-refractivity contribution in [2.45, 2.75) is 19.5 Å². The topological polar surface area (TPSA) is 50.3 Å². The van der Waals surface area contributed by atoms with Gasteiger partial charge in [0.2, 0.25) is 0 Å². The molecule has 3 aliphatic rings. The van der Waals surface area contributed by atoms with Gasteiger partial charge in [0.15, 0.2) is 0 Å². The summed E-state index contributed by atoms with van der Waals surface area (Å²) in [5, 5.41) is 1.44. The Labute approximate surface area is 196 Å². The quantitative estimate of drug-likeness (QED) is 0.217. The molecule has 4 aromatic rings. The zero-order chi connectivity index (χ0) is 21.4. The number of carbonyl (C=O) groups excluding carboxylic acids is 2. The van der Waals surface area contributed by atoms with E-state index in [0.717, 1.165) is 25.1 Å². The van der Waals surface area contributed by atoms with Crippen LogP contribution in [0.1, 0.15) is 37.1 Å². The number of aromatic nitrogens is 1. The van der Waals surface area contributed by atoms with E-state index in [2.05, 4.69) is 28.2 Å². The van der Waals surface area contributed by atoms with Crippen molar-refractivity contribution in [1.82, 2.24) is 9.88 Å². The molecule has 6 heteroatoms. The molecule has 0 saturated carbocycles. The Morgan fingerprint density at radius 3 is 2.62 bits per heavy atom. The molecule has 0 saturated heterocycles. The number of fused-ring (bicyclic) bond motifs is 6. The summed E-state index contributed by atoms with van der Waals surface area (Å²) in [6, 6.07) is 9.38. The third-order valence-electron chi connectivity index (χ3n) is 6.51. The van der Waals surface area contributed by atoms with Crippen molar-refractivity contribution in [1.29, 1.82) is 0 Å². The van der Waals surface area contributed by atoms with Gasteiger partial charge in [0, 0.05) is 0 Å². The van der Waals surface area contributed by atoms with Crippen LogP contribution in [0.2, 0.25) is 0 Å². The molecule has 0 bridgehead atoms. The molecule has 1 aliphatic heterocycles. The fourth-order valence-corrected chi connectivity index (χ4v) is 9.58. The van der Waals surface area contributed by atoms with Crippen LogP contribution in [-0.2, 0) is 13.1 Å². The van der Waals surface area contributed by atoms with Crippen LogP contribution in [0.3, 0.4) is 0 Å². The maximum atomic E-state index is 12.7. The number of nitrogens with zero attached hydrogens (tertiary/aromatic N) is 2. The molecule has 4 nitrogen and oxygen atoms in total. The molecule has 3 aromatic heterocycles. The molecule has 0 atom stereocenters. The first kappa shape index (κ1) is 18.8. The van der Waals surface area contributed by atoms with Crippen LogP contribution in [-0.4, -0.2) is 50.5 Å². The zero-order valence-electron chi connectivity index (χ0n) is 16.9. The van der Waals surface area contributed by atoms with E-state index in [1.54, 1.807) is 34.8 Å².